The van der Waals surface area contributed by atoms with Crippen LogP contribution in [-0.2, 0) is 19.4 Å². The molecule has 1 heterocycles. The topological polar surface area (TPSA) is 63.7 Å². The highest BCUT2D eigenvalue weighted by molar-refractivity contribution is 7.92. The Bertz CT molecular complexity index is 488. The standard InChI is InChI=1S/C16H27NO4S/c18-16(8-10-22(19,20)15-3-1-2-4-15)17(14-5-6-14)11-13-7-9-21-12-13/h13-15H,1-12H2. The Morgan fingerprint density at radius 3 is 2.41 bits per heavy atom. The van der Waals surface area contributed by atoms with Crippen molar-refractivity contribution in [2.45, 2.75) is 62.7 Å². The van der Waals surface area contributed by atoms with Crippen LogP contribution in [0.15, 0.2) is 0 Å². The lowest BCUT2D eigenvalue weighted by atomic mass is 10.1. The molecule has 1 atom stereocenters. The van der Waals surface area contributed by atoms with Crippen LogP contribution in [0.3, 0.4) is 0 Å². The van der Waals surface area contributed by atoms with E-state index < -0.39 is 9.84 Å². The molecule has 1 saturated heterocycles. The Labute approximate surface area is 133 Å². The minimum absolute atomic E-state index is 0.0240. The summed E-state index contributed by atoms with van der Waals surface area (Å²) in [5.41, 5.74) is 0. The van der Waals surface area contributed by atoms with Crippen molar-refractivity contribution in [1.82, 2.24) is 4.90 Å². The van der Waals surface area contributed by atoms with Gasteiger partial charge in [-0.3, -0.25) is 4.79 Å². The van der Waals surface area contributed by atoms with E-state index in [0.29, 0.717) is 12.0 Å². The molecule has 22 heavy (non-hydrogen) atoms. The van der Waals surface area contributed by atoms with Gasteiger partial charge in [0.2, 0.25) is 5.91 Å². The molecule has 2 saturated carbocycles. The Hall–Kier alpha value is -0.620. The SMILES string of the molecule is O=C(CCS(=O)(=O)C1CCCC1)N(CC1CCOC1)C1CC1. The number of hydrogen-bond acceptors (Lipinski definition) is 4. The zero-order chi connectivity index (χ0) is 15.6. The maximum absolute atomic E-state index is 12.5. The fourth-order valence-corrected chi connectivity index (χ4v) is 5.48. The molecule has 126 valence electrons. The van der Waals surface area contributed by atoms with Gasteiger partial charge >= 0.3 is 0 Å². The minimum atomic E-state index is -3.09. The van der Waals surface area contributed by atoms with Crippen molar-refractivity contribution in [3.63, 3.8) is 0 Å². The summed E-state index contributed by atoms with van der Waals surface area (Å²) in [4.78, 5) is 14.4. The number of hydrogen-bond donors (Lipinski definition) is 0. The Morgan fingerprint density at radius 1 is 1.09 bits per heavy atom. The number of sulfone groups is 1. The number of carbonyl (C=O) groups is 1. The van der Waals surface area contributed by atoms with Gasteiger partial charge < -0.3 is 9.64 Å². The van der Waals surface area contributed by atoms with E-state index in [9.17, 15) is 13.2 Å². The normalized spacial score (nSPS) is 26.5. The highest BCUT2D eigenvalue weighted by atomic mass is 32.2. The van der Waals surface area contributed by atoms with E-state index in [1.165, 1.54) is 0 Å². The van der Waals surface area contributed by atoms with E-state index in [0.717, 1.165) is 64.7 Å². The molecular formula is C16H27NO4S. The first-order chi connectivity index (χ1) is 10.6. The van der Waals surface area contributed by atoms with Crippen LogP contribution >= 0.6 is 0 Å². The first-order valence-corrected chi connectivity index (χ1v) is 10.4. The average molecular weight is 329 g/mol. The second-order valence-corrected chi connectivity index (χ2v) is 9.43. The minimum Gasteiger partial charge on any atom is -0.381 e. The van der Waals surface area contributed by atoms with Crippen LogP contribution in [0, 0.1) is 5.92 Å². The lowest BCUT2D eigenvalue weighted by molar-refractivity contribution is -0.132. The van der Waals surface area contributed by atoms with Crippen molar-refractivity contribution in [3.05, 3.63) is 0 Å². The van der Waals surface area contributed by atoms with Gasteiger partial charge in [-0.05, 0) is 32.1 Å². The third-order valence-corrected chi connectivity index (χ3v) is 7.46. The van der Waals surface area contributed by atoms with Crippen LogP contribution in [0.1, 0.15) is 51.4 Å². The molecule has 1 aliphatic heterocycles. The van der Waals surface area contributed by atoms with E-state index >= 15 is 0 Å². The fraction of sp³-hybridized carbons (Fsp3) is 0.938. The second kappa shape index (κ2) is 6.87. The molecule has 0 aromatic carbocycles. The van der Waals surface area contributed by atoms with Gasteiger partial charge in [-0.2, -0.15) is 0 Å². The smallest absolute Gasteiger partial charge is 0.223 e. The van der Waals surface area contributed by atoms with Crippen molar-refractivity contribution in [2.75, 3.05) is 25.5 Å². The van der Waals surface area contributed by atoms with Gasteiger partial charge in [0.15, 0.2) is 9.84 Å². The van der Waals surface area contributed by atoms with Gasteiger partial charge in [-0.25, -0.2) is 8.42 Å². The number of nitrogens with zero attached hydrogens (tertiary/aromatic N) is 1. The highest BCUT2D eigenvalue weighted by Gasteiger charge is 2.36. The quantitative estimate of drug-likeness (QED) is 0.714. The van der Waals surface area contributed by atoms with Crippen molar-refractivity contribution in [3.8, 4) is 0 Å². The summed E-state index contributed by atoms with van der Waals surface area (Å²) in [7, 11) is -3.09. The molecule has 1 amide bonds. The third-order valence-electron chi connectivity index (χ3n) is 5.20. The molecule has 2 aliphatic carbocycles. The number of carbonyl (C=O) groups excluding carboxylic acids is 1. The zero-order valence-corrected chi connectivity index (χ0v) is 14.0. The molecule has 0 aromatic heterocycles. The third kappa shape index (κ3) is 4.02. The predicted octanol–water partition coefficient (Wildman–Crippen LogP) is 1.76. The molecule has 3 aliphatic rings. The van der Waals surface area contributed by atoms with E-state index in [1.54, 1.807) is 0 Å². The Balaban J connectivity index is 1.52. The molecule has 0 radical (unpaired) electrons. The van der Waals surface area contributed by atoms with E-state index in [-0.39, 0.29) is 23.3 Å². The summed E-state index contributed by atoms with van der Waals surface area (Å²) in [6, 6.07) is 0.349. The number of ether oxygens (including phenoxy) is 1. The predicted molar refractivity (Wildman–Crippen MR) is 84.3 cm³/mol. The summed E-state index contributed by atoms with van der Waals surface area (Å²) in [5.74, 6) is 0.480. The van der Waals surface area contributed by atoms with Gasteiger partial charge in [-0.15, -0.1) is 0 Å². The molecule has 3 fully saturated rings. The summed E-state index contributed by atoms with van der Waals surface area (Å²) < 4.78 is 30.0. The summed E-state index contributed by atoms with van der Waals surface area (Å²) in [5, 5.41) is -0.196. The lowest BCUT2D eigenvalue weighted by Crippen LogP contribution is -2.38. The van der Waals surface area contributed by atoms with Crippen molar-refractivity contribution in [2.24, 2.45) is 5.92 Å². The van der Waals surface area contributed by atoms with Crippen LogP contribution in [0.2, 0.25) is 0 Å². The molecule has 0 N–H and O–H groups in total. The summed E-state index contributed by atoms with van der Waals surface area (Å²) in [6.45, 7) is 2.26. The van der Waals surface area contributed by atoms with E-state index in [2.05, 4.69) is 0 Å². The molecule has 6 heteroatoms. The molecule has 0 aromatic rings. The van der Waals surface area contributed by atoms with Gasteiger partial charge in [-0.1, -0.05) is 12.8 Å². The molecule has 3 rings (SSSR count). The molecule has 0 bridgehead atoms. The second-order valence-electron chi connectivity index (χ2n) is 7.03. The summed E-state index contributed by atoms with van der Waals surface area (Å²) in [6.07, 6.45) is 6.87. The van der Waals surface area contributed by atoms with Crippen molar-refractivity contribution >= 4 is 15.7 Å². The van der Waals surface area contributed by atoms with Crippen LogP contribution in [0.5, 0.6) is 0 Å². The maximum atomic E-state index is 12.5. The van der Waals surface area contributed by atoms with Crippen molar-refractivity contribution < 1.29 is 17.9 Å². The molecule has 0 spiro atoms. The monoisotopic (exact) mass is 329 g/mol. The summed E-state index contributed by atoms with van der Waals surface area (Å²) >= 11 is 0. The number of rotatable bonds is 7. The highest BCUT2D eigenvalue weighted by Crippen LogP contribution is 2.30. The van der Waals surface area contributed by atoms with Gasteiger partial charge in [0, 0.05) is 31.5 Å². The van der Waals surface area contributed by atoms with E-state index in [1.807, 2.05) is 4.90 Å². The van der Waals surface area contributed by atoms with Gasteiger partial charge in [0.05, 0.1) is 17.6 Å². The van der Waals surface area contributed by atoms with Crippen molar-refractivity contribution in [1.29, 1.82) is 0 Å². The Kier molecular flexibility index (Phi) is 5.07. The van der Waals surface area contributed by atoms with Gasteiger partial charge in [0.25, 0.3) is 0 Å². The first-order valence-electron chi connectivity index (χ1n) is 8.65. The van der Waals surface area contributed by atoms with Gasteiger partial charge in [0.1, 0.15) is 0 Å². The molecule has 5 nitrogen and oxygen atoms in total. The lowest BCUT2D eigenvalue weighted by Gasteiger charge is -2.25. The Morgan fingerprint density at radius 2 is 1.82 bits per heavy atom. The number of amides is 1. The van der Waals surface area contributed by atoms with Crippen LogP contribution in [0.25, 0.3) is 0 Å². The molecule has 1 unspecified atom stereocenters. The zero-order valence-electron chi connectivity index (χ0n) is 13.2. The molecular weight excluding hydrogens is 302 g/mol. The van der Waals surface area contributed by atoms with Crippen LogP contribution in [-0.4, -0.2) is 56.0 Å². The largest absolute Gasteiger partial charge is 0.381 e. The fourth-order valence-electron chi connectivity index (χ4n) is 3.63. The van der Waals surface area contributed by atoms with Crippen LogP contribution in [0.4, 0.5) is 0 Å². The first kappa shape index (κ1) is 16.2. The average Bonchev–Trinajstić information content (AvgIpc) is 2.97. The maximum Gasteiger partial charge on any atom is 0.223 e. The van der Waals surface area contributed by atoms with E-state index in [4.69, 9.17) is 4.74 Å². The van der Waals surface area contributed by atoms with Crippen LogP contribution < -0.4 is 0 Å².